The molecule has 1 aromatic carbocycles. The Morgan fingerprint density at radius 1 is 1.12 bits per heavy atom. The molecule has 1 aliphatic carbocycles. The fraction of sp³-hybridized carbons (Fsp3) is 0.550. The average Bonchev–Trinajstić information content (AvgIpc) is 3.19. The van der Waals surface area contributed by atoms with Crippen LogP contribution in [0.4, 0.5) is 0 Å². The van der Waals surface area contributed by atoms with Crippen LogP contribution in [0.2, 0.25) is 0 Å². The summed E-state index contributed by atoms with van der Waals surface area (Å²) in [5.41, 5.74) is 1.42. The summed E-state index contributed by atoms with van der Waals surface area (Å²) in [6.45, 7) is 4.43. The lowest BCUT2D eigenvalue weighted by Gasteiger charge is -2.16. The highest BCUT2D eigenvalue weighted by atomic mass is 15.2. The van der Waals surface area contributed by atoms with Crippen molar-refractivity contribution in [2.75, 3.05) is 13.1 Å². The maximum atomic E-state index is 4.56. The van der Waals surface area contributed by atoms with E-state index in [9.17, 15) is 0 Å². The fourth-order valence-corrected chi connectivity index (χ4v) is 3.77. The molecule has 1 atom stereocenters. The molecule has 4 rings (SSSR count). The van der Waals surface area contributed by atoms with Gasteiger partial charge in [0.15, 0.2) is 0 Å². The Labute approximate surface area is 144 Å². The van der Waals surface area contributed by atoms with Crippen LogP contribution in [0.3, 0.4) is 0 Å². The first-order chi connectivity index (χ1) is 11.9. The van der Waals surface area contributed by atoms with Crippen molar-refractivity contribution >= 4 is 0 Å². The molecule has 2 aliphatic rings. The number of nitrogens with zero attached hydrogens (tertiary/aromatic N) is 3. The molecular formula is C20H28N4. The summed E-state index contributed by atoms with van der Waals surface area (Å²) in [6.07, 6.45) is 10.5. The Hall–Kier alpha value is -1.65. The normalized spacial score (nSPS) is 21.4. The molecule has 1 saturated heterocycles. The van der Waals surface area contributed by atoms with Gasteiger partial charge in [0.2, 0.25) is 0 Å². The Morgan fingerprint density at radius 2 is 2.00 bits per heavy atom. The predicted octanol–water partition coefficient (Wildman–Crippen LogP) is 2.84. The van der Waals surface area contributed by atoms with E-state index >= 15 is 0 Å². The quantitative estimate of drug-likeness (QED) is 0.810. The van der Waals surface area contributed by atoms with E-state index in [1.807, 2.05) is 6.20 Å². The molecule has 0 radical (unpaired) electrons. The van der Waals surface area contributed by atoms with Gasteiger partial charge in [0.1, 0.15) is 5.82 Å². The molecule has 2 heterocycles. The molecule has 0 amide bonds. The van der Waals surface area contributed by atoms with Crippen LogP contribution in [0.15, 0.2) is 42.7 Å². The van der Waals surface area contributed by atoms with Crippen LogP contribution >= 0.6 is 0 Å². The van der Waals surface area contributed by atoms with Gasteiger partial charge in [0.25, 0.3) is 0 Å². The molecule has 4 heteroatoms. The topological polar surface area (TPSA) is 33.1 Å². The zero-order chi connectivity index (χ0) is 16.2. The van der Waals surface area contributed by atoms with E-state index in [0.717, 1.165) is 32.0 Å². The van der Waals surface area contributed by atoms with Gasteiger partial charge < -0.3 is 9.88 Å². The van der Waals surface area contributed by atoms with Gasteiger partial charge in [-0.15, -0.1) is 0 Å². The Morgan fingerprint density at radius 3 is 2.83 bits per heavy atom. The zero-order valence-electron chi connectivity index (χ0n) is 14.4. The lowest BCUT2D eigenvalue weighted by atomic mass is 10.1. The summed E-state index contributed by atoms with van der Waals surface area (Å²) in [5, 5.41) is 3.72. The minimum Gasteiger partial charge on any atom is -0.334 e. The highest BCUT2D eigenvalue weighted by molar-refractivity contribution is 5.14. The van der Waals surface area contributed by atoms with Gasteiger partial charge in [-0.1, -0.05) is 30.3 Å². The maximum absolute atomic E-state index is 4.56. The van der Waals surface area contributed by atoms with Crippen LogP contribution in [0, 0.1) is 0 Å². The van der Waals surface area contributed by atoms with E-state index < -0.39 is 0 Å². The highest BCUT2D eigenvalue weighted by Gasteiger charge is 2.34. The van der Waals surface area contributed by atoms with Gasteiger partial charge in [0.05, 0.1) is 6.54 Å². The van der Waals surface area contributed by atoms with Crippen molar-refractivity contribution < 1.29 is 0 Å². The van der Waals surface area contributed by atoms with Gasteiger partial charge in [-0.2, -0.15) is 0 Å². The number of imidazole rings is 1. The third-order valence-corrected chi connectivity index (χ3v) is 5.34. The first-order valence-electron chi connectivity index (χ1n) is 9.40. The molecule has 128 valence electrons. The summed E-state index contributed by atoms with van der Waals surface area (Å²) >= 11 is 0. The van der Waals surface area contributed by atoms with E-state index in [-0.39, 0.29) is 0 Å². The molecule has 1 saturated carbocycles. The van der Waals surface area contributed by atoms with Gasteiger partial charge >= 0.3 is 0 Å². The van der Waals surface area contributed by atoms with Gasteiger partial charge in [-0.05, 0) is 37.7 Å². The van der Waals surface area contributed by atoms with E-state index in [2.05, 4.69) is 56.3 Å². The van der Waals surface area contributed by atoms with Crippen molar-refractivity contribution in [3.63, 3.8) is 0 Å². The number of aromatic nitrogens is 2. The molecule has 0 bridgehead atoms. The largest absolute Gasteiger partial charge is 0.334 e. The van der Waals surface area contributed by atoms with Crippen LogP contribution < -0.4 is 5.32 Å². The first kappa shape index (κ1) is 15.9. The molecular weight excluding hydrogens is 296 g/mol. The molecule has 1 aliphatic heterocycles. The van der Waals surface area contributed by atoms with Crippen LogP contribution in [0.25, 0.3) is 0 Å². The second-order valence-corrected chi connectivity index (χ2v) is 7.22. The molecule has 1 aromatic heterocycles. The maximum Gasteiger partial charge on any atom is 0.122 e. The smallest absolute Gasteiger partial charge is 0.122 e. The third kappa shape index (κ3) is 4.05. The first-order valence-corrected chi connectivity index (χ1v) is 9.40. The number of hydrogen-bond donors (Lipinski definition) is 1. The van der Waals surface area contributed by atoms with Crippen molar-refractivity contribution in [1.29, 1.82) is 0 Å². The summed E-state index contributed by atoms with van der Waals surface area (Å²) in [6, 6.07) is 12.3. The number of rotatable bonds is 8. The Balaban J connectivity index is 1.22. The Kier molecular flexibility index (Phi) is 4.95. The zero-order valence-corrected chi connectivity index (χ0v) is 14.4. The van der Waals surface area contributed by atoms with Crippen LogP contribution in [-0.2, 0) is 19.5 Å². The third-order valence-electron chi connectivity index (χ3n) is 5.34. The van der Waals surface area contributed by atoms with E-state index in [1.54, 1.807) is 0 Å². The second-order valence-electron chi connectivity index (χ2n) is 7.22. The second kappa shape index (κ2) is 7.49. The summed E-state index contributed by atoms with van der Waals surface area (Å²) in [7, 11) is 0. The fourth-order valence-electron chi connectivity index (χ4n) is 3.77. The van der Waals surface area contributed by atoms with Crippen molar-refractivity contribution in [2.45, 2.75) is 57.3 Å². The molecule has 4 nitrogen and oxygen atoms in total. The molecule has 24 heavy (non-hydrogen) atoms. The lowest BCUT2D eigenvalue weighted by molar-refractivity contribution is 0.316. The van der Waals surface area contributed by atoms with Gasteiger partial charge in [0, 0.05) is 44.1 Å². The summed E-state index contributed by atoms with van der Waals surface area (Å²) in [4.78, 5) is 7.21. The van der Waals surface area contributed by atoms with Crippen LogP contribution in [-0.4, -0.2) is 39.6 Å². The summed E-state index contributed by atoms with van der Waals surface area (Å²) < 4.78 is 2.31. The van der Waals surface area contributed by atoms with E-state index in [4.69, 9.17) is 0 Å². The minimum atomic E-state index is 0.639. The van der Waals surface area contributed by atoms with Crippen molar-refractivity contribution in [2.24, 2.45) is 0 Å². The molecule has 1 N–H and O–H groups in total. The molecule has 0 unspecified atom stereocenters. The van der Waals surface area contributed by atoms with E-state index in [1.165, 1.54) is 43.7 Å². The monoisotopic (exact) mass is 324 g/mol. The van der Waals surface area contributed by atoms with Crippen molar-refractivity contribution in [1.82, 2.24) is 19.8 Å². The standard InChI is InChI=1S/C20H28N4/c1-2-5-17(6-3-1)7-4-12-23-14-11-21-20(23)15-22-18-10-13-24(16-18)19-8-9-19/h1-3,5-6,11,14,18-19,22H,4,7-10,12-13,15-16H2/t18-/m0/s1. The Bertz CT molecular complexity index is 632. The number of hydrogen-bond acceptors (Lipinski definition) is 3. The van der Waals surface area contributed by atoms with E-state index in [0.29, 0.717) is 6.04 Å². The van der Waals surface area contributed by atoms with Gasteiger partial charge in [-0.3, -0.25) is 4.90 Å². The van der Waals surface area contributed by atoms with Crippen LogP contribution in [0.5, 0.6) is 0 Å². The SMILES string of the molecule is c1ccc(CCCn2ccnc2CN[C@H]2CCN(C3CC3)C2)cc1. The van der Waals surface area contributed by atoms with Gasteiger partial charge in [-0.25, -0.2) is 4.98 Å². The average molecular weight is 324 g/mol. The number of aryl methyl sites for hydroxylation is 2. The molecule has 2 aromatic rings. The van der Waals surface area contributed by atoms with Crippen molar-refractivity contribution in [3.05, 3.63) is 54.1 Å². The molecule has 0 spiro atoms. The number of nitrogens with one attached hydrogen (secondary N) is 1. The predicted molar refractivity (Wildman–Crippen MR) is 96.8 cm³/mol. The number of benzene rings is 1. The highest BCUT2D eigenvalue weighted by Crippen LogP contribution is 2.29. The molecule has 2 fully saturated rings. The van der Waals surface area contributed by atoms with Crippen molar-refractivity contribution in [3.8, 4) is 0 Å². The minimum absolute atomic E-state index is 0.639. The lowest BCUT2D eigenvalue weighted by Crippen LogP contribution is -2.33. The van der Waals surface area contributed by atoms with Crippen LogP contribution in [0.1, 0.15) is 37.1 Å². The summed E-state index contributed by atoms with van der Waals surface area (Å²) in [5.74, 6) is 1.17. The number of likely N-dealkylation sites (tertiary alicyclic amines) is 1.